The van der Waals surface area contributed by atoms with Crippen LogP contribution in [0.1, 0.15) is 21.7 Å². The van der Waals surface area contributed by atoms with Gasteiger partial charge in [-0.05, 0) is 30.7 Å². The number of fused-ring (bicyclic) bond motifs is 1. The molecule has 0 saturated heterocycles. The molecule has 0 unspecified atom stereocenters. The number of hydroxylamine groups is 1. The van der Waals surface area contributed by atoms with Crippen molar-refractivity contribution in [2.75, 3.05) is 7.11 Å². The van der Waals surface area contributed by atoms with E-state index in [0.717, 1.165) is 16.5 Å². The van der Waals surface area contributed by atoms with Crippen molar-refractivity contribution in [3.63, 3.8) is 0 Å². The number of ether oxygens (including phenoxy) is 1. The molecule has 3 aromatic rings. The highest BCUT2D eigenvalue weighted by molar-refractivity contribution is 5.98. The SMILES string of the molecule is COc1ccc2oc(C(=O)NOCc3ccccc3)c(C)c2c1. The van der Waals surface area contributed by atoms with Crippen molar-refractivity contribution in [3.05, 3.63) is 65.4 Å². The highest BCUT2D eigenvalue weighted by Crippen LogP contribution is 2.28. The first-order chi connectivity index (χ1) is 11.2. The molecule has 0 spiro atoms. The molecule has 5 heteroatoms. The number of methoxy groups -OCH3 is 1. The third-order valence-corrected chi connectivity index (χ3v) is 3.60. The maximum Gasteiger partial charge on any atom is 0.310 e. The lowest BCUT2D eigenvalue weighted by atomic mass is 10.1. The molecule has 0 bridgehead atoms. The normalized spacial score (nSPS) is 10.7. The van der Waals surface area contributed by atoms with Crippen molar-refractivity contribution < 1.29 is 18.8 Å². The number of amides is 1. The lowest BCUT2D eigenvalue weighted by molar-refractivity contribution is 0.0213. The van der Waals surface area contributed by atoms with Gasteiger partial charge in [-0.25, -0.2) is 5.48 Å². The minimum atomic E-state index is -0.409. The Hall–Kier alpha value is -2.79. The van der Waals surface area contributed by atoms with Crippen LogP contribution in [-0.4, -0.2) is 13.0 Å². The van der Waals surface area contributed by atoms with Crippen molar-refractivity contribution in [2.24, 2.45) is 0 Å². The Labute approximate surface area is 133 Å². The summed E-state index contributed by atoms with van der Waals surface area (Å²) in [5.41, 5.74) is 4.77. The molecule has 1 N–H and O–H groups in total. The second kappa shape index (κ2) is 6.54. The zero-order chi connectivity index (χ0) is 16.2. The number of furan rings is 1. The van der Waals surface area contributed by atoms with Crippen LogP contribution < -0.4 is 10.2 Å². The molecule has 2 aromatic carbocycles. The number of nitrogens with one attached hydrogen (secondary N) is 1. The number of hydrogen-bond donors (Lipinski definition) is 1. The van der Waals surface area contributed by atoms with Gasteiger partial charge in [-0.2, -0.15) is 0 Å². The highest BCUT2D eigenvalue weighted by Gasteiger charge is 2.18. The molecule has 0 atom stereocenters. The number of aryl methyl sites for hydroxylation is 1. The van der Waals surface area contributed by atoms with Gasteiger partial charge < -0.3 is 9.15 Å². The second-order valence-electron chi connectivity index (χ2n) is 5.12. The quantitative estimate of drug-likeness (QED) is 0.731. The van der Waals surface area contributed by atoms with E-state index in [1.165, 1.54) is 0 Å². The standard InChI is InChI=1S/C18H17NO4/c1-12-15-10-14(21-2)8-9-16(15)23-17(12)18(20)19-22-11-13-6-4-3-5-7-13/h3-10H,11H2,1-2H3,(H,19,20). The summed E-state index contributed by atoms with van der Waals surface area (Å²) in [7, 11) is 1.60. The van der Waals surface area contributed by atoms with Crippen LogP contribution in [0.4, 0.5) is 0 Å². The molecular weight excluding hydrogens is 294 g/mol. The molecule has 0 aliphatic heterocycles. The van der Waals surface area contributed by atoms with Crippen LogP contribution in [0.15, 0.2) is 52.9 Å². The summed E-state index contributed by atoms with van der Waals surface area (Å²) in [6.07, 6.45) is 0. The third kappa shape index (κ3) is 3.19. The molecular formula is C18H17NO4. The smallest absolute Gasteiger partial charge is 0.310 e. The molecule has 1 heterocycles. The first-order valence-electron chi connectivity index (χ1n) is 7.22. The predicted molar refractivity (Wildman–Crippen MR) is 86.2 cm³/mol. The van der Waals surface area contributed by atoms with Gasteiger partial charge in [0.2, 0.25) is 0 Å². The van der Waals surface area contributed by atoms with Crippen molar-refractivity contribution >= 4 is 16.9 Å². The molecule has 0 radical (unpaired) electrons. The maximum absolute atomic E-state index is 12.2. The predicted octanol–water partition coefficient (Wildman–Crippen LogP) is 3.61. The number of carbonyl (C=O) groups excluding carboxylic acids is 1. The summed E-state index contributed by atoms with van der Waals surface area (Å²) in [5.74, 6) is 0.545. The lowest BCUT2D eigenvalue weighted by Gasteiger charge is -2.04. The molecule has 3 rings (SSSR count). The largest absolute Gasteiger partial charge is 0.497 e. The van der Waals surface area contributed by atoms with Gasteiger partial charge in [0.15, 0.2) is 5.76 Å². The fraction of sp³-hybridized carbons (Fsp3) is 0.167. The van der Waals surface area contributed by atoms with E-state index < -0.39 is 5.91 Å². The summed E-state index contributed by atoms with van der Waals surface area (Å²) in [6, 6.07) is 15.0. The minimum Gasteiger partial charge on any atom is -0.497 e. The Balaban J connectivity index is 1.72. The van der Waals surface area contributed by atoms with Crippen LogP contribution in [0.5, 0.6) is 5.75 Å². The van der Waals surface area contributed by atoms with E-state index in [1.54, 1.807) is 19.2 Å². The van der Waals surface area contributed by atoms with Gasteiger partial charge >= 0.3 is 5.91 Å². The number of rotatable bonds is 5. The minimum absolute atomic E-state index is 0.237. The van der Waals surface area contributed by atoms with Crippen molar-refractivity contribution in [1.29, 1.82) is 0 Å². The Morgan fingerprint density at radius 3 is 2.70 bits per heavy atom. The average Bonchev–Trinajstić information content (AvgIpc) is 2.92. The Bertz CT molecular complexity index is 824. The van der Waals surface area contributed by atoms with Gasteiger partial charge in [-0.15, -0.1) is 0 Å². The van der Waals surface area contributed by atoms with Gasteiger partial charge in [0, 0.05) is 10.9 Å². The first-order valence-corrected chi connectivity index (χ1v) is 7.22. The fourth-order valence-corrected chi connectivity index (χ4v) is 2.35. The van der Waals surface area contributed by atoms with E-state index in [0.29, 0.717) is 17.9 Å². The van der Waals surface area contributed by atoms with Crippen molar-refractivity contribution in [2.45, 2.75) is 13.5 Å². The Morgan fingerprint density at radius 1 is 1.17 bits per heavy atom. The second-order valence-corrected chi connectivity index (χ2v) is 5.12. The molecule has 118 valence electrons. The molecule has 0 fully saturated rings. The summed E-state index contributed by atoms with van der Waals surface area (Å²) >= 11 is 0. The highest BCUT2D eigenvalue weighted by atomic mass is 16.7. The summed E-state index contributed by atoms with van der Waals surface area (Å²) < 4.78 is 10.8. The summed E-state index contributed by atoms with van der Waals surface area (Å²) in [5, 5.41) is 0.845. The summed E-state index contributed by atoms with van der Waals surface area (Å²) in [6.45, 7) is 2.12. The van der Waals surface area contributed by atoms with Crippen LogP contribution >= 0.6 is 0 Å². The van der Waals surface area contributed by atoms with Gasteiger partial charge in [-0.3, -0.25) is 9.63 Å². The number of hydrogen-bond acceptors (Lipinski definition) is 4. The van der Waals surface area contributed by atoms with Crippen LogP contribution in [0.25, 0.3) is 11.0 Å². The van der Waals surface area contributed by atoms with E-state index >= 15 is 0 Å². The van der Waals surface area contributed by atoms with E-state index in [1.807, 2.05) is 43.3 Å². The number of benzene rings is 2. The zero-order valence-corrected chi connectivity index (χ0v) is 13.0. The molecule has 1 amide bonds. The third-order valence-electron chi connectivity index (χ3n) is 3.60. The van der Waals surface area contributed by atoms with Gasteiger partial charge in [0.25, 0.3) is 0 Å². The van der Waals surface area contributed by atoms with Gasteiger partial charge in [0.1, 0.15) is 11.3 Å². The monoisotopic (exact) mass is 311 g/mol. The molecule has 0 aliphatic carbocycles. The Morgan fingerprint density at radius 2 is 1.96 bits per heavy atom. The Kier molecular flexibility index (Phi) is 4.30. The van der Waals surface area contributed by atoms with Gasteiger partial charge in [0.05, 0.1) is 13.7 Å². The molecule has 0 saturated carbocycles. The molecule has 5 nitrogen and oxygen atoms in total. The maximum atomic E-state index is 12.2. The summed E-state index contributed by atoms with van der Waals surface area (Å²) in [4.78, 5) is 17.5. The van der Waals surface area contributed by atoms with Crippen LogP contribution in [0, 0.1) is 6.92 Å². The fourth-order valence-electron chi connectivity index (χ4n) is 2.35. The topological polar surface area (TPSA) is 60.7 Å². The zero-order valence-electron chi connectivity index (χ0n) is 13.0. The van der Waals surface area contributed by atoms with E-state index in [4.69, 9.17) is 14.0 Å². The number of carbonyl (C=O) groups is 1. The average molecular weight is 311 g/mol. The molecule has 0 aliphatic rings. The van der Waals surface area contributed by atoms with Crippen LogP contribution in [-0.2, 0) is 11.4 Å². The van der Waals surface area contributed by atoms with E-state index in [9.17, 15) is 4.79 Å². The molecule has 1 aromatic heterocycles. The van der Waals surface area contributed by atoms with Crippen LogP contribution in [0.2, 0.25) is 0 Å². The van der Waals surface area contributed by atoms with E-state index in [-0.39, 0.29) is 5.76 Å². The van der Waals surface area contributed by atoms with Crippen molar-refractivity contribution in [3.8, 4) is 5.75 Å². The van der Waals surface area contributed by atoms with Crippen molar-refractivity contribution in [1.82, 2.24) is 5.48 Å². The van der Waals surface area contributed by atoms with Gasteiger partial charge in [-0.1, -0.05) is 30.3 Å². The van der Waals surface area contributed by atoms with Crippen LogP contribution in [0.3, 0.4) is 0 Å². The first kappa shape index (κ1) is 15.1. The lowest BCUT2D eigenvalue weighted by Crippen LogP contribution is -2.23. The van der Waals surface area contributed by atoms with E-state index in [2.05, 4.69) is 5.48 Å². The molecule has 23 heavy (non-hydrogen) atoms.